The van der Waals surface area contributed by atoms with Crippen LogP contribution in [-0.4, -0.2) is 26.4 Å². The maximum atomic E-state index is 12.9. The topological polar surface area (TPSA) is 43.6 Å². The van der Waals surface area contributed by atoms with Gasteiger partial charge in [-0.2, -0.15) is 5.10 Å². The van der Waals surface area contributed by atoms with Gasteiger partial charge in [0.15, 0.2) is 11.6 Å². The molecule has 2 aromatic heterocycles. The van der Waals surface area contributed by atoms with Gasteiger partial charge in [-0.25, -0.2) is 14.1 Å². The van der Waals surface area contributed by atoms with Gasteiger partial charge in [-0.15, -0.1) is 0 Å². The molecule has 4 nitrogen and oxygen atoms in total. The van der Waals surface area contributed by atoms with Crippen LogP contribution in [-0.2, 0) is 13.0 Å². The lowest BCUT2D eigenvalue weighted by Gasteiger charge is -2.04. The van der Waals surface area contributed by atoms with Gasteiger partial charge in [-0.3, -0.25) is 4.98 Å². The Balaban J connectivity index is 1.98. The maximum absolute atomic E-state index is 12.9. The number of hydrogen-bond acceptors (Lipinski definition) is 3. The van der Waals surface area contributed by atoms with Crippen LogP contribution in [0.4, 0.5) is 4.39 Å². The Labute approximate surface area is 135 Å². The highest BCUT2D eigenvalue weighted by molar-refractivity contribution is 5.61. The predicted molar refractivity (Wildman–Crippen MR) is 88.7 cm³/mol. The van der Waals surface area contributed by atoms with Crippen LogP contribution in [0, 0.1) is 0 Å². The summed E-state index contributed by atoms with van der Waals surface area (Å²) in [5.74, 6) is 1.28. The molecule has 0 aliphatic heterocycles. The summed E-state index contributed by atoms with van der Waals surface area (Å²) in [6.07, 6.45) is 5.57. The van der Waals surface area contributed by atoms with Gasteiger partial charge in [0, 0.05) is 23.5 Å². The molecule has 0 bridgehead atoms. The number of aromatic nitrogens is 4. The summed E-state index contributed by atoms with van der Waals surface area (Å²) in [7, 11) is 0. The Morgan fingerprint density at radius 3 is 2.39 bits per heavy atom. The molecule has 0 saturated carbocycles. The minimum atomic E-state index is -0.472. The highest BCUT2D eigenvalue weighted by atomic mass is 19.1. The number of rotatable bonds is 6. The summed E-state index contributed by atoms with van der Waals surface area (Å²) < 4.78 is 14.5. The first-order chi connectivity index (χ1) is 11.3. The van der Waals surface area contributed by atoms with Gasteiger partial charge in [0.1, 0.15) is 6.67 Å². The molecule has 0 aliphatic carbocycles. The first-order valence-corrected chi connectivity index (χ1v) is 7.82. The SMILES string of the molecule is CCCc1ccc(-c2nc(-c3ccncc3)nn2CCF)cc1. The van der Waals surface area contributed by atoms with Crippen LogP contribution >= 0.6 is 0 Å². The van der Waals surface area contributed by atoms with Gasteiger partial charge < -0.3 is 0 Å². The van der Waals surface area contributed by atoms with Crippen LogP contribution < -0.4 is 0 Å². The van der Waals surface area contributed by atoms with Crippen LogP contribution in [0.1, 0.15) is 18.9 Å². The molecule has 2 heterocycles. The summed E-state index contributed by atoms with van der Waals surface area (Å²) in [6.45, 7) is 1.89. The average Bonchev–Trinajstić information content (AvgIpc) is 3.01. The van der Waals surface area contributed by atoms with Crippen molar-refractivity contribution in [1.82, 2.24) is 19.7 Å². The Hall–Kier alpha value is -2.56. The van der Waals surface area contributed by atoms with E-state index in [0.29, 0.717) is 11.6 Å². The average molecular weight is 310 g/mol. The standard InChI is InChI=1S/C18H19FN4/c1-2-3-14-4-6-16(7-5-14)18-21-17(22-23(18)13-10-19)15-8-11-20-12-9-15/h4-9,11-12H,2-3,10,13H2,1H3. The molecule has 0 saturated heterocycles. The molecule has 3 aromatic rings. The van der Waals surface area contributed by atoms with E-state index in [1.807, 2.05) is 24.3 Å². The summed E-state index contributed by atoms with van der Waals surface area (Å²) in [4.78, 5) is 8.60. The van der Waals surface area contributed by atoms with Crippen molar-refractivity contribution in [1.29, 1.82) is 0 Å². The predicted octanol–water partition coefficient (Wildman–Crippen LogP) is 3.93. The van der Waals surface area contributed by atoms with E-state index in [1.54, 1.807) is 17.1 Å². The molecule has 5 heteroatoms. The van der Waals surface area contributed by atoms with E-state index >= 15 is 0 Å². The zero-order valence-corrected chi connectivity index (χ0v) is 13.1. The van der Waals surface area contributed by atoms with Crippen molar-refractivity contribution in [2.45, 2.75) is 26.3 Å². The van der Waals surface area contributed by atoms with Gasteiger partial charge in [0.25, 0.3) is 0 Å². The second-order valence-corrected chi connectivity index (χ2v) is 5.35. The van der Waals surface area contributed by atoms with E-state index in [0.717, 1.165) is 24.0 Å². The fourth-order valence-corrected chi connectivity index (χ4v) is 2.52. The Morgan fingerprint density at radius 2 is 1.74 bits per heavy atom. The molecular weight excluding hydrogens is 291 g/mol. The molecule has 0 fully saturated rings. The first-order valence-electron chi connectivity index (χ1n) is 7.82. The molecule has 3 rings (SSSR count). The summed E-state index contributed by atoms with van der Waals surface area (Å²) in [5.41, 5.74) is 3.12. The smallest absolute Gasteiger partial charge is 0.181 e. The molecule has 0 atom stereocenters. The van der Waals surface area contributed by atoms with Crippen molar-refractivity contribution in [3.05, 3.63) is 54.4 Å². The second kappa shape index (κ2) is 7.13. The zero-order chi connectivity index (χ0) is 16.1. The number of hydrogen-bond donors (Lipinski definition) is 0. The van der Waals surface area contributed by atoms with E-state index in [9.17, 15) is 4.39 Å². The Morgan fingerprint density at radius 1 is 1.00 bits per heavy atom. The lowest BCUT2D eigenvalue weighted by atomic mass is 10.1. The van der Waals surface area contributed by atoms with Crippen LogP contribution in [0.2, 0.25) is 0 Å². The number of nitrogens with zero attached hydrogens (tertiary/aromatic N) is 4. The van der Waals surface area contributed by atoms with Crippen molar-refractivity contribution in [3.8, 4) is 22.8 Å². The van der Waals surface area contributed by atoms with Crippen LogP contribution in [0.15, 0.2) is 48.8 Å². The van der Waals surface area contributed by atoms with Gasteiger partial charge in [-0.05, 0) is 24.1 Å². The second-order valence-electron chi connectivity index (χ2n) is 5.35. The minimum Gasteiger partial charge on any atom is -0.265 e. The quantitative estimate of drug-likeness (QED) is 0.693. The molecule has 23 heavy (non-hydrogen) atoms. The molecule has 0 spiro atoms. The van der Waals surface area contributed by atoms with Crippen LogP contribution in [0.5, 0.6) is 0 Å². The third kappa shape index (κ3) is 3.44. The molecule has 1 aromatic carbocycles. The van der Waals surface area contributed by atoms with Crippen molar-refractivity contribution in [3.63, 3.8) is 0 Å². The van der Waals surface area contributed by atoms with Crippen LogP contribution in [0.25, 0.3) is 22.8 Å². The van der Waals surface area contributed by atoms with Crippen molar-refractivity contribution >= 4 is 0 Å². The zero-order valence-electron chi connectivity index (χ0n) is 13.1. The monoisotopic (exact) mass is 310 g/mol. The fraction of sp³-hybridized carbons (Fsp3) is 0.278. The molecule has 0 unspecified atom stereocenters. The molecule has 0 N–H and O–H groups in total. The number of halogens is 1. The largest absolute Gasteiger partial charge is 0.265 e. The number of pyridine rings is 1. The first kappa shape index (κ1) is 15.3. The van der Waals surface area contributed by atoms with Gasteiger partial charge in [-0.1, -0.05) is 37.6 Å². The fourth-order valence-electron chi connectivity index (χ4n) is 2.52. The minimum absolute atomic E-state index is 0.199. The van der Waals surface area contributed by atoms with Crippen molar-refractivity contribution in [2.24, 2.45) is 0 Å². The van der Waals surface area contributed by atoms with Crippen molar-refractivity contribution < 1.29 is 4.39 Å². The van der Waals surface area contributed by atoms with E-state index < -0.39 is 6.67 Å². The summed E-state index contributed by atoms with van der Waals surface area (Å²) >= 11 is 0. The third-order valence-electron chi connectivity index (χ3n) is 3.66. The van der Waals surface area contributed by atoms with Gasteiger partial charge in [0.05, 0.1) is 6.54 Å². The van der Waals surface area contributed by atoms with Crippen molar-refractivity contribution in [2.75, 3.05) is 6.67 Å². The van der Waals surface area contributed by atoms with E-state index in [1.165, 1.54) is 5.56 Å². The molecule has 0 amide bonds. The summed E-state index contributed by atoms with van der Waals surface area (Å²) in [6, 6.07) is 11.9. The summed E-state index contributed by atoms with van der Waals surface area (Å²) in [5, 5.41) is 4.44. The number of alkyl halides is 1. The maximum Gasteiger partial charge on any atom is 0.181 e. The van der Waals surface area contributed by atoms with Gasteiger partial charge in [0.2, 0.25) is 0 Å². The lowest BCUT2D eigenvalue weighted by Crippen LogP contribution is -2.04. The lowest BCUT2D eigenvalue weighted by molar-refractivity contribution is 0.429. The third-order valence-corrected chi connectivity index (χ3v) is 3.66. The van der Waals surface area contributed by atoms with Gasteiger partial charge >= 0.3 is 0 Å². The van der Waals surface area contributed by atoms with Crippen LogP contribution in [0.3, 0.4) is 0 Å². The van der Waals surface area contributed by atoms with E-state index in [4.69, 9.17) is 0 Å². The number of benzene rings is 1. The van der Waals surface area contributed by atoms with E-state index in [2.05, 4.69) is 34.1 Å². The molecule has 0 radical (unpaired) electrons. The van der Waals surface area contributed by atoms with E-state index in [-0.39, 0.29) is 6.54 Å². The molecule has 0 aliphatic rings. The molecule has 118 valence electrons. The highest BCUT2D eigenvalue weighted by Gasteiger charge is 2.13. The highest BCUT2D eigenvalue weighted by Crippen LogP contribution is 2.23. The Kier molecular flexibility index (Phi) is 4.76. The normalized spacial score (nSPS) is 10.9. The molecular formula is C18H19FN4. The number of aryl methyl sites for hydroxylation is 2. The Bertz CT molecular complexity index is 750.